The number of hydrogen-bond donors (Lipinski definition) is 1. The summed E-state index contributed by atoms with van der Waals surface area (Å²) in [5.74, 6) is 0.900. The number of hydrogen-bond acceptors (Lipinski definition) is 8. The summed E-state index contributed by atoms with van der Waals surface area (Å²) < 4.78 is 13.2. The van der Waals surface area contributed by atoms with Gasteiger partial charge in [0.2, 0.25) is 0 Å². The Labute approximate surface area is 152 Å². The van der Waals surface area contributed by atoms with Crippen LogP contribution < -0.4 is 4.90 Å². The van der Waals surface area contributed by atoms with Crippen molar-refractivity contribution in [2.75, 3.05) is 57.9 Å². The van der Waals surface area contributed by atoms with Gasteiger partial charge in [0.25, 0.3) is 0 Å². The molecule has 9 heteroatoms. The maximum Gasteiger partial charge on any atom is 0.167 e. The van der Waals surface area contributed by atoms with Gasteiger partial charge in [-0.2, -0.15) is 0 Å². The molecule has 2 fully saturated rings. The summed E-state index contributed by atoms with van der Waals surface area (Å²) >= 11 is 0. The second-order valence-corrected chi connectivity index (χ2v) is 6.86. The predicted octanol–water partition coefficient (Wildman–Crippen LogP) is 0.265. The first-order chi connectivity index (χ1) is 12.8. The Bertz CT molecular complexity index is 732. The summed E-state index contributed by atoms with van der Waals surface area (Å²) in [6.45, 7) is 4.85. The number of ether oxygens (including phenoxy) is 2. The van der Waals surface area contributed by atoms with Crippen LogP contribution in [-0.2, 0) is 9.47 Å². The van der Waals surface area contributed by atoms with Gasteiger partial charge < -0.3 is 19.5 Å². The Kier molecular flexibility index (Phi) is 5.30. The minimum Gasteiger partial charge on any atom is -0.394 e. The van der Waals surface area contributed by atoms with Gasteiger partial charge in [0, 0.05) is 39.8 Å². The van der Waals surface area contributed by atoms with Crippen LogP contribution in [0, 0.1) is 0 Å². The second-order valence-electron chi connectivity index (χ2n) is 6.86. The average molecular weight is 362 g/mol. The van der Waals surface area contributed by atoms with Crippen molar-refractivity contribution in [1.29, 1.82) is 0 Å². The third kappa shape index (κ3) is 3.39. The van der Waals surface area contributed by atoms with Gasteiger partial charge in [0.05, 0.1) is 25.6 Å². The van der Waals surface area contributed by atoms with Crippen molar-refractivity contribution in [3.63, 3.8) is 0 Å². The van der Waals surface area contributed by atoms with E-state index in [-0.39, 0.29) is 18.9 Å². The lowest BCUT2D eigenvalue weighted by atomic mass is 10.2. The summed E-state index contributed by atoms with van der Waals surface area (Å²) in [5, 5.41) is 9.61. The molecule has 4 heterocycles. The van der Waals surface area contributed by atoms with E-state index in [1.807, 2.05) is 4.57 Å². The van der Waals surface area contributed by atoms with Crippen molar-refractivity contribution in [1.82, 2.24) is 24.4 Å². The summed E-state index contributed by atoms with van der Waals surface area (Å²) in [6.07, 6.45) is 5.27. The molecule has 0 amide bonds. The zero-order valence-corrected chi connectivity index (χ0v) is 15.1. The Hall–Kier alpha value is -1.81. The predicted molar refractivity (Wildman–Crippen MR) is 96.1 cm³/mol. The molecule has 2 atom stereocenters. The fraction of sp³-hybridized carbons (Fsp3) is 0.706. The van der Waals surface area contributed by atoms with Crippen LogP contribution in [-0.4, -0.2) is 88.7 Å². The highest BCUT2D eigenvalue weighted by atomic mass is 16.5. The molecule has 0 radical (unpaired) electrons. The number of anilines is 1. The summed E-state index contributed by atoms with van der Waals surface area (Å²) in [4.78, 5) is 18.0. The number of aromatic nitrogens is 4. The third-order valence-electron chi connectivity index (χ3n) is 5.10. The zero-order valence-electron chi connectivity index (χ0n) is 15.1. The molecule has 26 heavy (non-hydrogen) atoms. The number of aliphatic hydroxyl groups excluding tert-OH is 1. The van der Waals surface area contributed by atoms with Gasteiger partial charge in [0.1, 0.15) is 12.6 Å². The zero-order chi connectivity index (χ0) is 17.9. The monoisotopic (exact) mass is 362 g/mol. The molecule has 1 N–H and O–H groups in total. The van der Waals surface area contributed by atoms with Gasteiger partial charge in [-0.1, -0.05) is 0 Å². The number of morpholine rings is 1. The highest BCUT2D eigenvalue weighted by Crippen LogP contribution is 2.28. The Balaban J connectivity index is 1.62. The Morgan fingerprint density at radius 1 is 1.23 bits per heavy atom. The summed E-state index contributed by atoms with van der Waals surface area (Å²) in [5.41, 5.74) is 1.59. The van der Waals surface area contributed by atoms with E-state index in [1.165, 1.54) is 12.8 Å². The topological polar surface area (TPSA) is 88.8 Å². The van der Waals surface area contributed by atoms with Gasteiger partial charge in [-0.3, -0.25) is 9.47 Å². The minimum atomic E-state index is -0.246. The van der Waals surface area contributed by atoms with Crippen molar-refractivity contribution in [2.24, 2.45) is 0 Å². The second kappa shape index (κ2) is 7.83. The smallest absolute Gasteiger partial charge is 0.167 e. The molecular weight excluding hydrogens is 336 g/mol. The normalized spacial score (nSPS) is 24.6. The first-order valence-electron chi connectivity index (χ1n) is 9.20. The highest BCUT2D eigenvalue weighted by molar-refractivity contribution is 5.83. The summed E-state index contributed by atoms with van der Waals surface area (Å²) in [7, 11) is 1.70. The van der Waals surface area contributed by atoms with E-state index in [0.29, 0.717) is 19.7 Å². The molecule has 2 saturated heterocycles. The van der Waals surface area contributed by atoms with Gasteiger partial charge in [-0.15, -0.1) is 0 Å². The first-order valence-corrected chi connectivity index (χ1v) is 9.20. The van der Waals surface area contributed by atoms with Crippen LogP contribution in [0.5, 0.6) is 0 Å². The molecule has 2 aliphatic rings. The van der Waals surface area contributed by atoms with E-state index in [1.54, 1.807) is 19.8 Å². The van der Waals surface area contributed by atoms with E-state index in [4.69, 9.17) is 9.47 Å². The van der Waals surface area contributed by atoms with E-state index in [9.17, 15) is 5.11 Å². The van der Waals surface area contributed by atoms with Crippen molar-refractivity contribution in [2.45, 2.75) is 25.2 Å². The quantitative estimate of drug-likeness (QED) is 0.783. The van der Waals surface area contributed by atoms with Crippen molar-refractivity contribution in [3.8, 4) is 0 Å². The Morgan fingerprint density at radius 3 is 2.85 bits per heavy atom. The van der Waals surface area contributed by atoms with Crippen molar-refractivity contribution >= 4 is 17.0 Å². The van der Waals surface area contributed by atoms with E-state index >= 15 is 0 Å². The van der Waals surface area contributed by atoms with Crippen LogP contribution in [0.3, 0.4) is 0 Å². The molecule has 4 rings (SSSR count). The minimum absolute atomic E-state index is 0.0133. The molecule has 2 aromatic heterocycles. The largest absolute Gasteiger partial charge is 0.394 e. The fourth-order valence-electron chi connectivity index (χ4n) is 3.76. The molecule has 2 aliphatic heterocycles. The molecule has 2 aromatic rings. The number of rotatable bonds is 6. The van der Waals surface area contributed by atoms with E-state index in [0.717, 1.165) is 36.6 Å². The Morgan fingerprint density at radius 2 is 2.08 bits per heavy atom. The number of nitrogens with zero attached hydrogens (tertiary/aromatic N) is 6. The van der Waals surface area contributed by atoms with Crippen LogP contribution >= 0.6 is 0 Å². The lowest BCUT2D eigenvalue weighted by Gasteiger charge is -2.37. The molecule has 0 bridgehead atoms. The highest BCUT2D eigenvalue weighted by Gasteiger charge is 2.30. The maximum atomic E-state index is 9.61. The van der Waals surface area contributed by atoms with Crippen molar-refractivity contribution in [3.05, 3.63) is 12.7 Å². The van der Waals surface area contributed by atoms with Gasteiger partial charge in [-0.25, -0.2) is 15.0 Å². The number of aliphatic hydroxyl groups is 1. The molecule has 9 nitrogen and oxygen atoms in total. The van der Waals surface area contributed by atoms with Gasteiger partial charge in [0.15, 0.2) is 17.0 Å². The fourth-order valence-corrected chi connectivity index (χ4v) is 3.76. The number of imidazole rings is 1. The molecular formula is C17H26N6O3. The third-order valence-corrected chi connectivity index (χ3v) is 5.10. The molecule has 0 aliphatic carbocycles. The van der Waals surface area contributed by atoms with E-state index < -0.39 is 0 Å². The van der Waals surface area contributed by atoms with Gasteiger partial charge >= 0.3 is 0 Å². The molecule has 0 spiro atoms. The number of methoxy groups -OCH3 is 1. The SMILES string of the molecule is COCCN1C[C@@H](CO)O[C@@H](n2cnc3c(N4CCCC4)ncnc32)C1. The molecule has 142 valence electrons. The van der Waals surface area contributed by atoms with Crippen LogP contribution in [0.4, 0.5) is 5.82 Å². The van der Waals surface area contributed by atoms with Crippen LogP contribution in [0.2, 0.25) is 0 Å². The molecule has 0 unspecified atom stereocenters. The lowest BCUT2D eigenvalue weighted by molar-refractivity contribution is -0.135. The van der Waals surface area contributed by atoms with Crippen molar-refractivity contribution < 1.29 is 14.6 Å². The maximum absolute atomic E-state index is 9.61. The lowest BCUT2D eigenvalue weighted by Crippen LogP contribution is -2.48. The first kappa shape index (κ1) is 17.6. The molecule has 0 aromatic carbocycles. The van der Waals surface area contributed by atoms with Crippen LogP contribution in [0.1, 0.15) is 19.1 Å². The number of fused-ring (bicyclic) bond motifs is 1. The van der Waals surface area contributed by atoms with Gasteiger partial charge in [-0.05, 0) is 12.8 Å². The average Bonchev–Trinajstić information content (AvgIpc) is 3.35. The van der Waals surface area contributed by atoms with E-state index in [2.05, 4.69) is 24.8 Å². The van der Waals surface area contributed by atoms with Crippen LogP contribution in [0.15, 0.2) is 12.7 Å². The summed E-state index contributed by atoms with van der Waals surface area (Å²) in [6, 6.07) is 0. The van der Waals surface area contributed by atoms with Crippen LogP contribution in [0.25, 0.3) is 11.2 Å². The molecule has 0 saturated carbocycles. The standard InChI is InChI=1S/C17H26N6O3/c1-25-7-6-21-8-13(10-24)26-14(9-21)23-12-20-15-16(18-11-19-17(15)23)22-4-2-3-5-22/h11-14,24H,2-10H2,1H3/t13-,14+/m0/s1.